The zero-order chi connectivity index (χ0) is 19.1. The fourth-order valence-electron chi connectivity index (χ4n) is 3.80. The van der Waals surface area contributed by atoms with Gasteiger partial charge in [0.15, 0.2) is 0 Å². The molecule has 1 aromatic carbocycles. The molecule has 7 heteroatoms. The molecule has 3 rings (SSSR count). The fraction of sp³-hybridized carbons (Fsp3) is 0.650. The number of nitrogens with one attached hydrogen (secondary N) is 2. The molecule has 0 unspecified atom stereocenters. The summed E-state index contributed by atoms with van der Waals surface area (Å²) < 4.78 is 11.4. The Morgan fingerprint density at radius 1 is 1.26 bits per heavy atom. The first kappa shape index (κ1) is 20.4. The second kappa shape index (κ2) is 9.73. The number of likely N-dealkylation sites (tertiary alicyclic amines) is 1. The summed E-state index contributed by atoms with van der Waals surface area (Å²) in [7, 11) is 1.65. The zero-order valence-electron chi connectivity index (χ0n) is 16.0. The smallest absolute Gasteiger partial charge is 0.252 e. The Labute approximate surface area is 166 Å². The summed E-state index contributed by atoms with van der Waals surface area (Å²) in [6.07, 6.45) is 3.39. The summed E-state index contributed by atoms with van der Waals surface area (Å²) in [6.45, 7) is 5.13. The van der Waals surface area contributed by atoms with Crippen LogP contribution in [0.3, 0.4) is 0 Å². The molecule has 2 fully saturated rings. The Bertz CT molecular complexity index is 597. The molecule has 1 aromatic rings. The lowest BCUT2D eigenvalue weighted by molar-refractivity contribution is -0.147. The molecule has 2 saturated heterocycles. The van der Waals surface area contributed by atoms with Crippen molar-refractivity contribution in [3.05, 3.63) is 29.3 Å². The molecule has 27 heavy (non-hydrogen) atoms. The van der Waals surface area contributed by atoms with Gasteiger partial charge >= 0.3 is 0 Å². The van der Waals surface area contributed by atoms with Crippen LogP contribution in [0.1, 0.15) is 25.7 Å². The van der Waals surface area contributed by atoms with Crippen molar-refractivity contribution in [3.63, 3.8) is 0 Å². The van der Waals surface area contributed by atoms with E-state index in [1.807, 2.05) is 24.3 Å². The lowest BCUT2D eigenvalue weighted by Crippen LogP contribution is -2.57. The number of methoxy groups -OCH3 is 1. The van der Waals surface area contributed by atoms with Crippen molar-refractivity contribution in [2.75, 3.05) is 46.4 Å². The van der Waals surface area contributed by atoms with Crippen molar-refractivity contribution >= 4 is 17.5 Å². The molecular weight excluding hydrogens is 366 g/mol. The topological polar surface area (TPSA) is 62.8 Å². The predicted molar refractivity (Wildman–Crippen MR) is 106 cm³/mol. The molecule has 2 aliphatic rings. The molecule has 0 atom stereocenters. The van der Waals surface area contributed by atoms with Crippen LogP contribution in [0.5, 0.6) is 5.75 Å². The highest BCUT2D eigenvalue weighted by molar-refractivity contribution is 6.30. The summed E-state index contributed by atoms with van der Waals surface area (Å²) in [5.74, 6) is 0.893. The minimum atomic E-state index is -0.658. The summed E-state index contributed by atoms with van der Waals surface area (Å²) >= 11 is 5.88. The van der Waals surface area contributed by atoms with Crippen LogP contribution >= 0.6 is 11.6 Å². The maximum Gasteiger partial charge on any atom is 0.252 e. The second-order valence-corrected chi connectivity index (χ2v) is 7.78. The van der Waals surface area contributed by atoms with Crippen molar-refractivity contribution in [1.82, 2.24) is 15.5 Å². The maximum absolute atomic E-state index is 12.7. The monoisotopic (exact) mass is 395 g/mol. The van der Waals surface area contributed by atoms with Crippen molar-refractivity contribution in [2.45, 2.75) is 37.3 Å². The van der Waals surface area contributed by atoms with Crippen LogP contribution in [0, 0.1) is 0 Å². The van der Waals surface area contributed by atoms with Crippen LogP contribution in [-0.4, -0.2) is 68.9 Å². The van der Waals surface area contributed by atoms with Crippen molar-refractivity contribution in [1.29, 1.82) is 0 Å². The summed E-state index contributed by atoms with van der Waals surface area (Å²) in [5, 5.41) is 7.23. The number of halogens is 1. The van der Waals surface area contributed by atoms with Crippen LogP contribution in [0.25, 0.3) is 0 Å². The molecule has 2 aliphatic heterocycles. The quantitative estimate of drug-likeness (QED) is 0.740. The van der Waals surface area contributed by atoms with E-state index in [2.05, 4.69) is 15.5 Å². The molecule has 0 radical (unpaired) electrons. The van der Waals surface area contributed by atoms with E-state index in [0.717, 1.165) is 64.2 Å². The third-order valence-corrected chi connectivity index (χ3v) is 5.88. The number of rotatable bonds is 7. The van der Waals surface area contributed by atoms with Crippen LogP contribution < -0.4 is 15.4 Å². The van der Waals surface area contributed by atoms with Crippen molar-refractivity contribution in [2.24, 2.45) is 0 Å². The molecule has 150 valence electrons. The van der Waals surface area contributed by atoms with E-state index in [9.17, 15) is 4.79 Å². The number of hydrogen-bond acceptors (Lipinski definition) is 5. The average molecular weight is 396 g/mol. The second-order valence-electron chi connectivity index (χ2n) is 7.34. The Kier molecular flexibility index (Phi) is 7.35. The van der Waals surface area contributed by atoms with Gasteiger partial charge < -0.3 is 20.1 Å². The molecule has 0 spiro atoms. The largest absolute Gasteiger partial charge is 0.492 e. The van der Waals surface area contributed by atoms with Crippen LogP contribution in [0.4, 0.5) is 0 Å². The molecular formula is C20H30ClN3O3. The summed E-state index contributed by atoms with van der Waals surface area (Å²) in [6, 6.07) is 7.67. The third-order valence-electron chi connectivity index (χ3n) is 5.63. The van der Waals surface area contributed by atoms with E-state index in [1.54, 1.807) is 7.11 Å². The first-order valence-corrected chi connectivity index (χ1v) is 10.2. The van der Waals surface area contributed by atoms with Gasteiger partial charge in [-0.3, -0.25) is 9.69 Å². The Balaban J connectivity index is 1.37. The van der Waals surface area contributed by atoms with E-state index in [0.29, 0.717) is 11.6 Å². The standard InChI is InChI=1S/C20H30ClN3O3/c1-26-20(8-10-22-11-9-20)19(25)23-17-6-12-24(13-7-17)14-15-27-18-4-2-16(21)3-5-18/h2-5,17,22H,6-15H2,1H3,(H,23,25). The Hall–Kier alpha value is -1.34. The zero-order valence-corrected chi connectivity index (χ0v) is 16.8. The van der Waals surface area contributed by atoms with Gasteiger partial charge in [-0.05, 0) is 63.0 Å². The van der Waals surface area contributed by atoms with Crippen molar-refractivity contribution < 1.29 is 14.3 Å². The molecule has 1 amide bonds. The van der Waals surface area contributed by atoms with Crippen LogP contribution in [0.2, 0.25) is 5.02 Å². The fourth-order valence-corrected chi connectivity index (χ4v) is 3.92. The molecule has 6 nitrogen and oxygen atoms in total. The third kappa shape index (κ3) is 5.57. The van der Waals surface area contributed by atoms with Gasteiger partial charge in [0, 0.05) is 37.8 Å². The minimum absolute atomic E-state index is 0.0519. The van der Waals surface area contributed by atoms with Crippen LogP contribution in [0.15, 0.2) is 24.3 Å². The highest BCUT2D eigenvalue weighted by atomic mass is 35.5. The summed E-state index contributed by atoms with van der Waals surface area (Å²) in [4.78, 5) is 15.1. The van der Waals surface area contributed by atoms with Gasteiger partial charge in [-0.25, -0.2) is 0 Å². The predicted octanol–water partition coefficient (Wildman–Crippen LogP) is 2.07. The average Bonchev–Trinajstić information content (AvgIpc) is 2.71. The van der Waals surface area contributed by atoms with Gasteiger partial charge in [0.2, 0.25) is 0 Å². The highest BCUT2D eigenvalue weighted by Gasteiger charge is 2.40. The Morgan fingerprint density at radius 2 is 1.93 bits per heavy atom. The number of ether oxygens (including phenoxy) is 2. The van der Waals surface area contributed by atoms with Gasteiger partial charge in [0.1, 0.15) is 18.0 Å². The molecule has 2 heterocycles. The number of hydrogen-bond donors (Lipinski definition) is 2. The van der Waals surface area contributed by atoms with E-state index in [4.69, 9.17) is 21.1 Å². The van der Waals surface area contributed by atoms with Gasteiger partial charge in [0.05, 0.1) is 0 Å². The number of benzene rings is 1. The number of carbonyl (C=O) groups is 1. The van der Waals surface area contributed by atoms with Gasteiger partial charge in [-0.2, -0.15) is 0 Å². The number of carbonyl (C=O) groups excluding carboxylic acids is 1. The maximum atomic E-state index is 12.7. The van der Waals surface area contributed by atoms with Gasteiger partial charge in [0.25, 0.3) is 5.91 Å². The number of amides is 1. The lowest BCUT2D eigenvalue weighted by Gasteiger charge is -2.38. The van der Waals surface area contributed by atoms with Gasteiger partial charge in [-0.1, -0.05) is 11.6 Å². The SMILES string of the molecule is COC1(C(=O)NC2CCN(CCOc3ccc(Cl)cc3)CC2)CCNCC1. The van der Waals surface area contributed by atoms with E-state index >= 15 is 0 Å². The van der Waals surface area contributed by atoms with Crippen LogP contribution in [-0.2, 0) is 9.53 Å². The van der Waals surface area contributed by atoms with Crippen molar-refractivity contribution in [3.8, 4) is 5.75 Å². The van der Waals surface area contributed by atoms with E-state index < -0.39 is 5.60 Å². The first-order valence-electron chi connectivity index (χ1n) is 9.79. The molecule has 0 aromatic heterocycles. The van der Waals surface area contributed by atoms with E-state index in [1.165, 1.54) is 0 Å². The normalized spacial score (nSPS) is 21.0. The summed E-state index contributed by atoms with van der Waals surface area (Å²) in [5.41, 5.74) is -0.658. The molecule has 0 saturated carbocycles. The molecule has 0 bridgehead atoms. The molecule has 2 N–H and O–H groups in total. The number of nitrogens with zero attached hydrogens (tertiary/aromatic N) is 1. The molecule has 0 aliphatic carbocycles. The first-order chi connectivity index (χ1) is 13.1. The van der Waals surface area contributed by atoms with Gasteiger partial charge in [-0.15, -0.1) is 0 Å². The van der Waals surface area contributed by atoms with E-state index in [-0.39, 0.29) is 11.9 Å². The number of piperidine rings is 2. The highest BCUT2D eigenvalue weighted by Crippen LogP contribution is 2.23. The lowest BCUT2D eigenvalue weighted by atomic mass is 9.90. The Morgan fingerprint density at radius 3 is 2.56 bits per heavy atom. The minimum Gasteiger partial charge on any atom is -0.492 e.